The summed E-state index contributed by atoms with van der Waals surface area (Å²) < 4.78 is 16.2. The van der Waals surface area contributed by atoms with Crippen molar-refractivity contribution in [3.63, 3.8) is 0 Å². The highest BCUT2D eigenvalue weighted by Gasteiger charge is 2.11. The number of hydrogen-bond donors (Lipinski definition) is 1. The molecule has 2 rings (SSSR count). The summed E-state index contributed by atoms with van der Waals surface area (Å²) >= 11 is 0. The minimum atomic E-state index is 0.0678. The molecular weight excluding hydrogens is 270 g/mol. The molecule has 0 aromatic heterocycles. The number of fused-ring (bicyclic) bond motifs is 1. The molecule has 1 aliphatic heterocycles. The van der Waals surface area contributed by atoms with Crippen molar-refractivity contribution in [1.82, 2.24) is 5.32 Å². The lowest BCUT2D eigenvalue weighted by molar-refractivity contribution is -0.121. The number of nitrogens with one attached hydrogen (secondary N) is 1. The van der Waals surface area contributed by atoms with E-state index < -0.39 is 0 Å². The van der Waals surface area contributed by atoms with Crippen LogP contribution in [0.3, 0.4) is 0 Å². The van der Waals surface area contributed by atoms with Crippen LogP contribution in [0, 0.1) is 0 Å². The van der Waals surface area contributed by atoms with E-state index in [2.05, 4.69) is 5.32 Å². The van der Waals surface area contributed by atoms with Crippen molar-refractivity contribution in [2.45, 2.75) is 32.2 Å². The second-order valence-electron chi connectivity index (χ2n) is 5.06. The smallest absolute Gasteiger partial charge is 0.220 e. The first kappa shape index (κ1) is 15.6. The van der Waals surface area contributed by atoms with Gasteiger partial charge in [0.25, 0.3) is 0 Å². The monoisotopic (exact) mass is 293 g/mol. The lowest BCUT2D eigenvalue weighted by atomic mass is 10.2. The molecular formula is C16H23NO4. The Balaban J connectivity index is 1.78. The number of rotatable bonds is 7. The Morgan fingerprint density at radius 3 is 2.86 bits per heavy atom. The van der Waals surface area contributed by atoms with E-state index in [9.17, 15) is 4.79 Å². The van der Waals surface area contributed by atoms with Crippen LogP contribution in [-0.2, 0) is 16.1 Å². The van der Waals surface area contributed by atoms with Crippen molar-refractivity contribution in [3.8, 4) is 11.5 Å². The maximum Gasteiger partial charge on any atom is 0.220 e. The van der Waals surface area contributed by atoms with Crippen LogP contribution in [0.25, 0.3) is 0 Å². The Kier molecular flexibility index (Phi) is 6.34. The van der Waals surface area contributed by atoms with E-state index in [1.165, 1.54) is 0 Å². The Hall–Kier alpha value is -1.75. The summed E-state index contributed by atoms with van der Waals surface area (Å²) in [6.45, 7) is 2.57. The lowest BCUT2D eigenvalue weighted by Crippen LogP contribution is -2.22. The molecule has 21 heavy (non-hydrogen) atoms. The first-order chi connectivity index (χ1) is 10.3. The molecule has 0 fully saturated rings. The maximum atomic E-state index is 11.7. The van der Waals surface area contributed by atoms with Gasteiger partial charge in [0.15, 0.2) is 11.5 Å². The third-order valence-electron chi connectivity index (χ3n) is 3.30. The zero-order valence-corrected chi connectivity index (χ0v) is 12.5. The number of hydrogen-bond acceptors (Lipinski definition) is 4. The highest BCUT2D eigenvalue weighted by molar-refractivity contribution is 5.75. The minimum absolute atomic E-state index is 0.0678. The fraction of sp³-hybridized carbons (Fsp3) is 0.562. The summed E-state index contributed by atoms with van der Waals surface area (Å²) in [6.07, 6.45) is 3.19. The summed E-state index contributed by atoms with van der Waals surface area (Å²) in [6, 6.07) is 5.80. The first-order valence-electron chi connectivity index (χ1n) is 7.44. The zero-order chi connectivity index (χ0) is 14.9. The molecule has 1 amide bonds. The molecule has 0 bridgehead atoms. The molecule has 1 heterocycles. The third-order valence-corrected chi connectivity index (χ3v) is 3.30. The van der Waals surface area contributed by atoms with Gasteiger partial charge in [0.05, 0.1) is 13.2 Å². The van der Waals surface area contributed by atoms with Crippen LogP contribution in [0.2, 0.25) is 0 Å². The van der Waals surface area contributed by atoms with E-state index in [0.717, 1.165) is 36.3 Å². The number of carbonyl (C=O) groups excluding carboxylic acids is 1. The molecule has 1 aromatic carbocycles. The van der Waals surface area contributed by atoms with Gasteiger partial charge in [0.1, 0.15) is 0 Å². The van der Waals surface area contributed by atoms with E-state index in [0.29, 0.717) is 32.8 Å². The largest absolute Gasteiger partial charge is 0.490 e. The van der Waals surface area contributed by atoms with Gasteiger partial charge in [0.2, 0.25) is 5.91 Å². The summed E-state index contributed by atoms with van der Waals surface area (Å²) in [5.41, 5.74) is 1.02. The van der Waals surface area contributed by atoms with Gasteiger partial charge in [-0.25, -0.2) is 0 Å². The molecule has 0 atom stereocenters. The van der Waals surface area contributed by atoms with Gasteiger partial charge in [-0.2, -0.15) is 0 Å². The molecule has 5 nitrogen and oxygen atoms in total. The Morgan fingerprint density at radius 1 is 1.24 bits per heavy atom. The molecule has 1 N–H and O–H groups in total. The topological polar surface area (TPSA) is 56.8 Å². The van der Waals surface area contributed by atoms with Gasteiger partial charge in [-0.15, -0.1) is 0 Å². The summed E-state index contributed by atoms with van der Waals surface area (Å²) in [5.74, 6) is 1.61. The van der Waals surface area contributed by atoms with Crippen molar-refractivity contribution in [2.24, 2.45) is 0 Å². The van der Waals surface area contributed by atoms with Crippen LogP contribution in [0.1, 0.15) is 31.2 Å². The number of carbonyl (C=O) groups is 1. The van der Waals surface area contributed by atoms with E-state index >= 15 is 0 Å². The van der Waals surface area contributed by atoms with E-state index in [1.54, 1.807) is 7.11 Å². The highest BCUT2D eigenvalue weighted by Crippen LogP contribution is 2.30. The number of methoxy groups -OCH3 is 1. The third kappa shape index (κ3) is 5.27. The first-order valence-corrected chi connectivity index (χ1v) is 7.44. The molecule has 0 saturated heterocycles. The SMILES string of the molecule is COCCCCC(=O)NCc1ccc2c(c1)OCCCO2. The predicted octanol–water partition coefficient (Wildman–Crippen LogP) is 2.28. The second kappa shape index (κ2) is 8.52. The van der Waals surface area contributed by atoms with Gasteiger partial charge < -0.3 is 19.5 Å². The van der Waals surface area contributed by atoms with Gasteiger partial charge in [-0.1, -0.05) is 6.07 Å². The zero-order valence-electron chi connectivity index (χ0n) is 12.5. The van der Waals surface area contributed by atoms with Crippen LogP contribution >= 0.6 is 0 Å². The van der Waals surface area contributed by atoms with Crippen LogP contribution in [-0.4, -0.2) is 32.8 Å². The van der Waals surface area contributed by atoms with Crippen molar-refractivity contribution >= 4 is 5.91 Å². The van der Waals surface area contributed by atoms with Crippen LogP contribution < -0.4 is 14.8 Å². The Morgan fingerprint density at radius 2 is 2.05 bits per heavy atom. The molecule has 0 saturated carbocycles. The van der Waals surface area contributed by atoms with Crippen molar-refractivity contribution in [2.75, 3.05) is 26.9 Å². The number of amides is 1. The molecule has 0 aliphatic carbocycles. The highest BCUT2D eigenvalue weighted by atomic mass is 16.5. The maximum absolute atomic E-state index is 11.7. The van der Waals surface area contributed by atoms with Gasteiger partial charge in [-0.3, -0.25) is 4.79 Å². The van der Waals surface area contributed by atoms with Gasteiger partial charge in [0, 0.05) is 33.1 Å². The van der Waals surface area contributed by atoms with E-state index in [1.807, 2.05) is 18.2 Å². The summed E-state index contributed by atoms with van der Waals surface area (Å²) in [5, 5.41) is 2.92. The normalized spacial score (nSPS) is 13.6. The van der Waals surface area contributed by atoms with Crippen LogP contribution in [0.15, 0.2) is 18.2 Å². The number of benzene rings is 1. The molecule has 0 radical (unpaired) electrons. The number of ether oxygens (including phenoxy) is 3. The van der Waals surface area contributed by atoms with Gasteiger partial charge >= 0.3 is 0 Å². The lowest BCUT2D eigenvalue weighted by Gasteiger charge is -2.10. The van der Waals surface area contributed by atoms with Crippen molar-refractivity contribution in [3.05, 3.63) is 23.8 Å². The molecule has 0 unspecified atom stereocenters. The minimum Gasteiger partial charge on any atom is -0.490 e. The quantitative estimate of drug-likeness (QED) is 0.784. The Labute approximate surface area is 125 Å². The molecule has 116 valence electrons. The average Bonchev–Trinajstić information content (AvgIpc) is 2.74. The predicted molar refractivity (Wildman–Crippen MR) is 79.6 cm³/mol. The van der Waals surface area contributed by atoms with Crippen LogP contribution in [0.4, 0.5) is 0 Å². The van der Waals surface area contributed by atoms with E-state index in [4.69, 9.17) is 14.2 Å². The van der Waals surface area contributed by atoms with Gasteiger partial charge in [-0.05, 0) is 30.5 Å². The Bertz CT molecular complexity index is 462. The molecule has 0 spiro atoms. The fourth-order valence-electron chi connectivity index (χ4n) is 2.14. The van der Waals surface area contributed by atoms with Crippen molar-refractivity contribution in [1.29, 1.82) is 0 Å². The van der Waals surface area contributed by atoms with Crippen molar-refractivity contribution < 1.29 is 19.0 Å². The second-order valence-corrected chi connectivity index (χ2v) is 5.06. The molecule has 5 heteroatoms. The average molecular weight is 293 g/mol. The molecule has 1 aromatic rings. The summed E-state index contributed by atoms with van der Waals surface area (Å²) in [7, 11) is 1.67. The summed E-state index contributed by atoms with van der Waals surface area (Å²) in [4.78, 5) is 11.7. The molecule has 1 aliphatic rings. The number of unbranched alkanes of at least 4 members (excludes halogenated alkanes) is 1. The standard InChI is InChI=1S/C16H23NO4/c1-19-8-3-2-5-16(18)17-12-13-6-7-14-15(11-13)21-10-4-9-20-14/h6-7,11H,2-5,8-10,12H2,1H3,(H,17,18). The van der Waals surface area contributed by atoms with Crippen LogP contribution in [0.5, 0.6) is 11.5 Å². The van der Waals surface area contributed by atoms with E-state index in [-0.39, 0.29) is 5.91 Å². The fourth-order valence-corrected chi connectivity index (χ4v) is 2.14.